The van der Waals surface area contributed by atoms with E-state index in [1.54, 1.807) is 18.2 Å². The predicted molar refractivity (Wildman–Crippen MR) is 86.9 cm³/mol. The number of ether oxygens (including phenoxy) is 1. The second kappa shape index (κ2) is 6.63. The molecule has 5 heteroatoms. The normalized spacial score (nSPS) is 21.9. The predicted octanol–water partition coefficient (Wildman–Crippen LogP) is 5.31. The van der Waals surface area contributed by atoms with Crippen LogP contribution in [-0.4, -0.2) is 11.2 Å². The van der Waals surface area contributed by atoms with E-state index in [0.29, 0.717) is 16.9 Å². The fraction of sp³-hybridized carbons (Fsp3) is 0.474. The fourth-order valence-corrected chi connectivity index (χ4v) is 3.36. The van der Waals surface area contributed by atoms with Crippen molar-refractivity contribution in [1.82, 2.24) is 0 Å². The van der Waals surface area contributed by atoms with Crippen molar-refractivity contribution in [3.05, 3.63) is 41.5 Å². The topological polar surface area (TPSA) is 29.5 Å². The molecule has 24 heavy (non-hydrogen) atoms. The zero-order valence-electron chi connectivity index (χ0n) is 13.6. The van der Waals surface area contributed by atoms with Crippen LogP contribution >= 0.6 is 0 Å². The van der Waals surface area contributed by atoms with Crippen LogP contribution in [0.3, 0.4) is 0 Å². The molecule has 0 atom stereocenters. The number of hydrogen-bond donors (Lipinski definition) is 1. The summed E-state index contributed by atoms with van der Waals surface area (Å²) in [7, 11) is 0. The highest BCUT2D eigenvalue weighted by molar-refractivity contribution is 5.89. The van der Waals surface area contributed by atoms with Gasteiger partial charge in [-0.1, -0.05) is 25.1 Å². The van der Waals surface area contributed by atoms with Gasteiger partial charge in [-0.25, -0.2) is 0 Å². The van der Waals surface area contributed by atoms with Gasteiger partial charge in [-0.2, -0.15) is 13.2 Å². The van der Waals surface area contributed by atoms with Crippen molar-refractivity contribution in [3.8, 4) is 5.75 Å². The van der Waals surface area contributed by atoms with Crippen molar-refractivity contribution < 1.29 is 23.0 Å². The SMILES string of the molecule is C[C@H]1CC[C@@H](Oc2ccc3ccc(CO)cc3c2C(F)(F)F)CC1. The molecule has 1 N–H and O–H groups in total. The molecule has 0 unspecified atom stereocenters. The van der Waals surface area contributed by atoms with E-state index in [2.05, 4.69) is 6.92 Å². The van der Waals surface area contributed by atoms with Crippen molar-refractivity contribution >= 4 is 10.8 Å². The molecule has 0 spiro atoms. The van der Waals surface area contributed by atoms with Crippen LogP contribution in [0.2, 0.25) is 0 Å². The first-order chi connectivity index (χ1) is 11.4. The van der Waals surface area contributed by atoms with E-state index in [-0.39, 0.29) is 23.8 Å². The lowest BCUT2D eigenvalue weighted by Gasteiger charge is -2.28. The third-order valence-electron chi connectivity index (χ3n) is 4.77. The van der Waals surface area contributed by atoms with Gasteiger partial charge in [0.2, 0.25) is 0 Å². The lowest BCUT2D eigenvalue weighted by Crippen LogP contribution is -2.24. The maximum absolute atomic E-state index is 13.7. The third kappa shape index (κ3) is 3.51. The highest BCUT2D eigenvalue weighted by Crippen LogP contribution is 2.42. The molecule has 0 aliphatic heterocycles. The summed E-state index contributed by atoms with van der Waals surface area (Å²) in [5.41, 5.74) is -0.287. The molecular weight excluding hydrogens is 317 g/mol. The number of fused-ring (bicyclic) bond motifs is 1. The molecule has 3 rings (SSSR count). The zero-order chi connectivity index (χ0) is 17.3. The van der Waals surface area contributed by atoms with Crippen molar-refractivity contribution in [1.29, 1.82) is 0 Å². The minimum absolute atomic E-state index is 0.0794. The first kappa shape index (κ1) is 17.1. The summed E-state index contributed by atoms with van der Waals surface area (Å²) in [6.07, 6.45) is -1.14. The van der Waals surface area contributed by atoms with Crippen LogP contribution < -0.4 is 4.74 Å². The van der Waals surface area contributed by atoms with Gasteiger partial charge in [0.05, 0.1) is 12.7 Å². The van der Waals surface area contributed by atoms with Gasteiger partial charge in [-0.3, -0.25) is 0 Å². The van der Waals surface area contributed by atoms with Crippen LogP contribution in [0.25, 0.3) is 10.8 Å². The Bertz CT molecular complexity index is 716. The van der Waals surface area contributed by atoms with E-state index in [4.69, 9.17) is 4.74 Å². The van der Waals surface area contributed by atoms with Crippen LogP contribution in [0.5, 0.6) is 5.75 Å². The smallest absolute Gasteiger partial charge is 0.420 e. The number of rotatable bonds is 3. The maximum Gasteiger partial charge on any atom is 0.420 e. The molecule has 2 aromatic rings. The third-order valence-corrected chi connectivity index (χ3v) is 4.77. The summed E-state index contributed by atoms with van der Waals surface area (Å²) < 4.78 is 46.8. The van der Waals surface area contributed by atoms with Gasteiger partial charge >= 0.3 is 6.18 Å². The quantitative estimate of drug-likeness (QED) is 0.822. The van der Waals surface area contributed by atoms with Gasteiger partial charge in [-0.15, -0.1) is 0 Å². The molecule has 130 valence electrons. The molecule has 0 amide bonds. The first-order valence-corrected chi connectivity index (χ1v) is 8.29. The Hall–Kier alpha value is -1.75. The Labute approximate surface area is 139 Å². The Morgan fingerprint density at radius 1 is 1.08 bits per heavy atom. The number of aliphatic hydroxyl groups is 1. The number of hydrogen-bond acceptors (Lipinski definition) is 2. The van der Waals surface area contributed by atoms with Crippen LogP contribution in [0.15, 0.2) is 30.3 Å². The lowest BCUT2D eigenvalue weighted by atomic mass is 9.89. The molecule has 0 saturated heterocycles. The van der Waals surface area contributed by atoms with Crippen molar-refractivity contribution in [2.24, 2.45) is 5.92 Å². The lowest BCUT2D eigenvalue weighted by molar-refractivity contribution is -0.138. The van der Waals surface area contributed by atoms with Crippen LogP contribution in [0.4, 0.5) is 13.2 Å². The molecular formula is C19H21F3O2. The molecule has 0 heterocycles. The van der Waals surface area contributed by atoms with Gasteiger partial charge < -0.3 is 9.84 Å². The van der Waals surface area contributed by atoms with E-state index in [0.717, 1.165) is 25.7 Å². The molecule has 1 aliphatic carbocycles. The van der Waals surface area contributed by atoms with Gasteiger partial charge in [0.1, 0.15) is 11.3 Å². The molecule has 2 nitrogen and oxygen atoms in total. The summed E-state index contributed by atoms with van der Waals surface area (Å²) >= 11 is 0. The summed E-state index contributed by atoms with van der Waals surface area (Å²) in [6.45, 7) is 1.86. The van der Waals surface area contributed by atoms with E-state index in [9.17, 15) is 18.3 Å². The maximum atomic E-state index is 13.7. The number of aliphatic hydroxyl groups excluding tert-OH is 1. The monoisotopic (exact) mass is 338 g/mol. The molecule has 1 aliphatic rings. The first-order valence-electron chi connectivity index (χ1n) is 8.29. The summed E-state index contributed by atoms with van der Waals surface area (Å²) in [5, 5.41) is 9.80. The Balaban J connectivity index is 2.03. The van der Waals surface area contributed by atoms with Crippen LogP contribution in [0, 0.1) is 5.92 Å². The molecule has 0 radical (unpaired) electrons. The van der Waals surface area contributed by atoms with Gasteiger partial charge in [0, 0.05) is 0 Å². The van der Waals surface area contributed by atoms with E-state index < -0.39 is 11.7 Å². The standard InChI is InChI=1S/C19H21F3O2/c1-12-2-7-15(8-3-12)24-17-9-6-14-5-4-13(11-23)10-16(14)18(17)19(20,21)22/h4-6,9-10,12,15,23H,2-3,7-8,11H2,1H3/t12-,15+. The summed E-state index contributed by atoms with van der Waals surface area (Å²) in [5.74, 6) is 0.500. The van der Waals surface area contributed by atoms with Crippen LogP contribution in [0.1, 0.15) is 43.7 Å². The Morgan fingerprint density at radius 3 is 2.38 bits per heavy atom. The van der Waals surface area contributed by atoms with Gasteiger partial charge in [0.15, 0.2) is 0 Å². The van der Waals surface area contributed by atoms with Crippen molar-refractivity contribution in [2.75, 3.05) is 0 Å². The Morgan fingerprint density at radius 2 is 1.75 bits per heavy atom. The summed E-state index contributed by atoms with van der Waals surface area (Å²) in [6, 6.07) is 7.69. The highest BCUT2D eigenvalue weighted by Gasteiger charge is 2.37. The second-order valence-electron chi connectivity index (χ2n) is 6.65. The molecule has 0 aromatic heterocycles. The van der Waals surface area contributed by atoms with E-state index >= 15 is 0 Å². The van der Waals surface area contributed by atoms with Gasteiger partial charge in [0.25, 0.3) is 0 Å². The largest absolute Gasteiger partial charge is 0.490 e. The number of halogens is 3. The second-order valence-corrected chi connectivity index (χ2v) is 6.65. The fourth-order valence-electron chi connectivity index (χ4n) is 3.36. The molecule has 1 saturated carbocycles. The average molecular weight is 338 g/mol. The Kier molecular flexibility index (Phi) is 4.72. The van der Waals surface area contributed by atoms with Crippen molar-refractivity contribution in [3.63, 3.8) is 0 Å². The molecule has 1 fully saturated rings. The van der Waals surface area contributed by atoms with Gasteiger partial charge in [-0.05, 0) is 60.1 Å². The average Bonchev–Trinajstić information content (AvgIpc) is 2.55. The molecule has 2 aromatic carbocycles. The van der Waals surface area contributed by atoms with E-state index in [1.165, 1.54) is 12.1 Å². The zero-order valence-corrected chi connectivity index (χ0v) is 13.6. The van der Waals surface area contributed by atoms with Crippen molar-refractivity contribution in [2.45, 2.75) is 51.5 Å². The minimum atomic E-state index is -4.51. The van der Waals surface area contributed by atoms with E-state index in [1.807, 2.05) is 0 Å². The minimum Gasteiger partial charge on any atom is -0.490 e. The molecule has 0 bridgehead atoms. The number of alkyl halides is 3. The van der Waals surface area contributed by atoms with Crippen LogP contribution in [-0.2, 0) is 12.8 Å². The highest BCUT2D eigenvalue weighted by atomic mass is 19.4. The number of benzene rings is 2. The summed E-state index contributed by atoms with van der Waals surface area (Å²) in [4.78, 5) is 0.